The number of halogens is 3. The third-order valence-corrected chi connectivity index (χ3v) is 2.45. The van der Waals surface area contributed by atoms with Gasteiger partial charge in [0.25, 0.3) is 0 Å². The molecule has 15 heavy (non-hydrogen) atoms. The van der Waals surface area contributed by atoms with Gasteiger partial charge in [0, 0.05) is 22.2 Å². The summed E-state index contributed by atoms with van der Waals surface area (Å²) in [6.45, 7) is 5.89. The Morgan fingerprint density at radius 2 is 1.73 bits per heavy atom. The van der Waals surface area contributed by atoms with E-state index in [1.165, 1.54) is 12.3 Å². The summed E-state index contributed by atoms with van der Waals surface area (Å²) >= 11 is -0.142. The molecule has 0 saturated carbocycles. The van der Waals surface area contributed by atoms with Crippen molar-refractivity contribution < 1.29 is 13.2 Å². The molecular formula is C10H12F3NS. The highest BCUT2D eigenvalue weighted by Crippen LogP contribution is 2.36. The fraction of sp³-hybridized carbons (Fsp3) is 0.500. The molecule has 0 aromatic carbocycles. The van der Waals surface area contributed by atoms with E-state index >= 15 is 0 Å². The van der Waals surface area contributed by atoms with Gasteiger partial charge in [-0.05, 0) is 23.9 Å². The minimum absolute atomic E-state index is 0.121. The van der Waals surface area contributed by atoms with E-state index in [0.717, 1.165) is 5.69 Å². The highest BCUT2D eigenvalue weighted by molar-refractivity contribution is 8.00. The fourth-order valence-corrected chi connectivity index (χ4v) is 1.53. The summed E-state index contributed by atoms with van der Waals surface area (Å²) in [5, 5.41) is 0. The van der Waals surface area contributed by atoms with Crippen molar-refractivity contribution in [2.45, 2.75) is 36.6 Å². The van der Waals surface area contributed by atoms with Crippen LogP contribution >= 0.6 is 11.8 Å². The number of thioether (sulfide) groups is 1. The normalized spacial score (nSPS) is 12.9. The molecule has 0 atom stereocenters. The van der Waals surface area contributed by atoms with Crippen molar-refractivity contribution >= 4 is 11.8 Å². The summed E-state index contributed by atoms with van der Waals surface area (Å²) < 4.78 is 36.0. The number of nitrogens with zero attached hydrogens (tertiary/aromatic N) is 1. The Kier molecular flexibility index (Phi) is 3.33. The van der Waals surface area contributed by atoms with E-state index in [9.17, 15) is 13.2 Å². The monoisotopic (exact) mass is 235 g/mol. The van der Waals surface area contributed by atoms with Gasteiger partial charge in [0.15, 0.2) is 0 Å². The number of pyridine rings is 1. The molecule has 0 bridgehead atoms. The molecule has 1 aromatic rings. The maximum atomic E-state index is 12.0. The lowest BCUT2D eigenvalue weighted by Gasteiger charge is -2.17. The predicted octanol–water partition coefficient (Wildman–Crippen LogP) is 3.99. The smallest absolute Gasteiger partial charge is 0.260 e. The molecule has 1 rings (SSSR count). The first-order valence-electron chi connectivity index (χ1n) is 4.41. The number of rotatable bonds is 1. The molecule has 1 aromatic heterocycles. The van der Waals surface area contributed by atoms with E-state index in [1.54, 1.807) is 6.07 Å². The van der Waals surface area contributed by atoms with Crippen molar-refractivity contribution in [2.24, 2.45) is 0 Å². The summed E-state index contributed by atoms with van der Waals surface area (Å²) in [6, 6.07) is 3.08. The van der Waals surface area contributed by atoms with E-state index in [4.69, 9.17) is 0 Å². The van der Waals surface area contributed by atoms with Gasteiger partial charge in [-0.2, -0.15) is 13.2 Å². The lowest BCUT2D eigenvalue weighted by atomic mass is 9.92. The largest absolute Gasteiger partial charge is 0.446 e. The Morgan fingerprint density at radius 3 is 2.07 bits per heavy atom. The van der Waals surface area contributed by atoms with Crippen LogP contribution in [0, 0.1) is 0 Å². The van der Waals surface area contributed by atoms with Crippen molar-refractivity contribution in [1.82, 2.24) is 4.98 Å². The third kappa shape index (κ3) is 4.11. The maximum absolute atomic E-state index is 12.0. The van der Waals surface area contributed by atoms with Crippen molar-refractivity contribution in [3.05, 3.63) is 24.0 Å². The van der Waals surface area contributed by atoms with E-state index in [-0.39, 0.29) is 22.1 Å². The molecule has 84 valence electrons. The quantitative estimate of drug-likeness (QED) is 0.682. The highest BCUT2D eigenvalue weighted by Gasteiger charge is 2.29. The maximum Gasteiger partial charge on any atom is 0.446 e. The van der Waals surface area contributed by atoms with Crippen LogP contribution in [0.4, 0.5) is 13.2 Å². The molecular weight excluding hydrogens is 223 g/mol. The van der Waals surface area contributed by atoms with Gasteiger partial charge in [0.05, 0.1) is 0 Å². The Labute approximate surface area is 91.1 Å². The second-order valence-electron chi connectivity index (χ2n) is 4.18. The average molecular weight is 235 g/mol. The highest BCUT2D eigenvalue weighted by atomic mass is 32.2. The van der Waals surface area contributed by atoms with Crippen LogP contribution in [0.3, 0.4) is 0 Å². The van der Waals surface area contributed by atoms with Gasteiger partial charge < -0.3 is 0 Å². The Bertz CT molecular complexity index is 324. The predicted molar refractivity (Wildman–Crippen MR) is 54.8 cm³/mol. The molecule has 5 heteroatoms. The third-order valence-electron chi connectivity index (χ3n) is 1.74. The van der Waals surface area contributed by atoms with Crippen molar-refractivity contribution in [3.8, 4) is 0 Å². The van der Waals surface area contributed by atoms with Gasteiger partial charge in [-0.1, -0.05) is 20.8 Å². The first-order chi connectivity index (χ1) is 6.68. The fourth-order valence-electron chi connectivity index (χ4n) is 1.02. The Hall–Kier alpha value is -0.710. The molecule has 0 saturated heterocycles. The molecule has 0 radical (unpaired) electrons. The molecule has 0 amide bonds. The number of hydrogen-bond donors (Lipinski definition) is 0. The van der Waals surface area contributed by atoms with Crippen molar-refractivity contribution in [1.29, 1.82) is 0 Å². The van der Waals surface area contributed by atoms with E-state index in [2.05, 4.69) is 4.98 Å². The summed E-state index contributed by atoms with van der Waals surface area (Å²) in [5.74, 6) is 0. The van der Waals surface area contributed by atoms with Gasteiger partial charge in [-0.15, -0.1) is 0 Å². The number of alkyl halides is 3. The molecule has 0 spiro atoms. The molecule has 0 N–H and O–H groups in total. The van der Waals surface area contributed by atoms with Gasteiger partial charge in [0.1, 0.15) is 0 Å². The minimum Gasteiger partial charge on any atom is -0.260 e. The van der Waals surface area contributed by atoms with Crippen LogP contribution in [0.25, 0.3) is 0 Å². The van der Waals surface area contributed by atoms with E-state index in [0.29, 0.717) is 0 Å². The molecule has 0 unspecified atom stereocenters. The molecule has 0 aliphatic heterocycles. The summed E-state index contributed by atoms with van der Waals surface area (Å²) in [4.78, 5) is 4.13. The van der Waals surface area contributed by atoms with Crippen LogP contribution in [-0.2, 0) is 5.41 Å². The van der Waals surface area contributed by atoms with Crippen LogP contribution in [0.2, 0.25) is 0 Å². The lowest BCUT2D eigenvalue weighted by molar-refractivity contribution is -0.0328. The van der Waals surface area contributed by atoms with Crippen LogP contribution in [0.15, 0.2) is 23.2 Å². The molecule has 1 nitrogen and oxygen atoms in total. The second-order valence-corrected chi connectivity index (χ2v) is 5.32. The molecule has 0 aliphatic carbocycles. The topological polar surface area (TPSA) is 12.9 Å². The van der Waals surface area contributed by atoms with Gasteiger partial charge >= 0.3 is 5.51 Å². The van der Waals surface area contributed by atoms with Gasteiger partial charge in [0.2, 0.25) is 0 Å². The summed E-state index contributed by atoms with van der Waals surface area (Å²) in [5.41, 5.74) is -3.60. The zero-order valence-corrected chi connectivity index (χ0v) is 9.54. The zero-order valence-electron chi connectivity index (χ0n) is 8.72. The van der Waals surface area contributed by atoms with Gasteiger partial charge in [-0.25, -0.2) is 0 Å². The molecule has 0 aliphatic rings. The number of hydrogen-bond acceptors (Lipinski definition) is 2. The summed E-state index contributed by atoms with van der Waals surface area (Å²) in [6.07, 6.45) is 1.26. The minimum atomic E-state index is -4.25. The SMILES string of the molecule is CC(C)(C)c1ccc(SC(F)(F)F)cn1. The zero-order chi connectivity index (χ0) is 11.7. The van der Waals surface area contributed by atoms with E-state index in [1.807, 2.05) is 20.8 Å². The first kappa shape index (κ1) is 12.4. The lowest BCUT2D eigenvalue weighted by Crippen LogP contribution is -2.13. The van der Waals surface area contributed by atoms with Crippen LogP contribution < -0.4 is 0 Å². The Balaban J connectivity index is 2.82. The standard InChI is InChI=1S/C10H12F3NS/c1-9(2,3)8-5-4-7(6-14-8)15-10(11,12)13/h4-6H,1-3H3. The van der Waals surface area contributed by atoms with Gasteiger partial charge in [-0.3, -0.25) is 4.98 Å². The average Bonchev–Trinajstić information content (AvgIpc) is 2.00. The van der Waals surface area contributed by atoms with Crippen molar-refractivity contribution in [3.63, 3.8) is 0 Å². The Morgan fingerprint density at radius 1 is 1.13 bits per heavy atom. The van der Waals surface area contributed by atoms with Crippen LogP contribution in [0.5, 0.6) is 0 Å². The first-order valence-corrected chi connectivity index (χ1v) is 5.22. The second kappa shape index (κ2) is 4.04. The molecule has 1 heterocycles. The number of aromatic nitrogens is 1. The van der Waals surface area contributed by atoms with Crippen LogP contribution in [0.1, 0.15) is 26.5 Å². The van der Waals surface area contributed by atoms with E-state index < -0.39 is 5.51 Å². The summed E-state index contributed by atoms with van der Waals surface area (Å²) in [7, 11) is 0. The van der Waals surface area contributed by atoms with Crippen LogP contribution in [-0.4, -0.2) is 10.5 Å². The molecule has 0 fully saturated rings. The van der Waals surface area contributed by atoms with Crippen molar-refractivity contribution in [2.75, 3.05) is 0 Å².